The molecule has 0 aliphatic heterocycles. The third-order valence-corrected chi connectivity index (χ3v) is 5.43. The summed E-state index contributed by atoms with van der Waals surface area (Å²) in [6, 6.07) is 18.8. The van der Waals surface area contributed by atoms with Gasteiger partial charge < -0.3 is 4.74 Å². The fraction of sp³-hybridized carbons (Fsp3) is 0.190. The third-order valence-electron chi connectivity index (χ3n) is 4.41. The maximum absolute atomic E-state index is 5.28. The van der Waals surface area contributed by atoms with Gasteiger partial charge in [0.25, 0.3) is 0 Å². The third kappa shape index (κ3) is 3.86. The first kappa shape index (κ1) is 17.7. The smallest absolute Gasteiger partial charge is 0.191 e. The zero-order chi connectivity index (χ0) is 18.5. The molecule has 0 saturated heterocycles. The Bertz CT molecular complexity index is 1030. The lowest BCUT2D eigenvalue weighted by molar-refractivity contribution is 0.185. The van der Waals surface area contributed by atoms with Crippen molar-refractivity contribution in [1.82, 2.24) is 19.7 Å². The standard InChI is InChI=1S/C21H20N4OS/c1-26-14-13-25-20(17-9-11-22-12-10-17)23-24-21(25)27-15-18-7-4-6-16-5-2-3-8-19(16)18/h2-12H,13-15H2,1H3. The predicted octanol–water partition coefficient (Wildman–Crippen LogP) is 4.43. The first-order valence-corrected chi connectivity index (χ1v) is 9.77. The number of methoxy groups -OCH3 is 1. The molecule has 0 saturated carbocycles. The van der Waals surface area contributed by atoms with Gasteiger partial charge >= 0.3 is 0 Å². The molecular formula is C21H20N4OS. The molecule has 4 rings (SSSR count). The molecule has 6 heteroatoms. The van der Waals surface area contributed by atoms with Crippen molar-refractivity contribution < 1.29 is 4.74 Å². The highest BCUT2D eigenvalue weighted by Gasteiger charge is 2.14. The molecule has 136 valence electrons. The molecule has 0 spiro atoms. The van der Waals surface area contributed by atoms with E-state index in [1.54, 1.807) is 31.3 Å². The van der Waals surface area contributed by atoms with Crippen LogP contribution in [0.1, 0.15) is 5.56 Å². The number of nitrogens with zero attached hydrogens (tertiary/aromatic N) is 4. The maximum atomic E-state index is 5.28. The summed E-state index contributed by atoms with van der Waals surface area (Å²) in [7, 11) is 1.71. The molecule has 0 atom stereocenters. The SMILES string of the molecule is COCCn1c(SCc2cccc3ccccc23)nnc1-c1ccncc1. The van der Waals surface area contributed by atoms with Gasteiger partial charge in [-0.15, -0.1) is 10.2 Å². The quantitative estimate of drug-likeness (QED) is 0.447. The van der Waals surface area contributed by atoms with Crippen molar-refractivity contribution in [1.29, 1.82) is 0 Å². The number of thioether (sulfide) groups is 1. The number of benzene rings is 2. The van der Waals surface area contributed by atoms with E-state index >= 15 is 0 Å². The summed E-state index contributed by atoms with van der Waals surface area (Å²) in [6.45, 7) is 1.32. The number of pyridine rings is 1. The Morgan fingerprint density at radius 1 is 0.963 bits per heavy atom. The summed E-state index contributed by atoms with van der Waals surface area (Å²) in [5.41, 5.74) is 2.30. The van der Waals surface area contributed by atoms with Crippen molar-refractivity contribution in [2.24, 2.45) is 0 Å². The van der Waals surface area contributed by atoms with Gasteiger partial charge in [0.2, 0.25) is 0 Å². The molecule has 27 heavy (non-hydrogen) atoms. The van der Waals surface area contributed by atoms with Crippen molar-refractivity contribution in [3.8, 4) is 11.4 Å². The lowest BCUT2D eigenvalue weighted by atomic mass is 10.1. The van der Waals surface area contributed by atoms with Gasteiger partial charge in [0.1, 0.15) is 0 Å². The van der Waals surface area contributed by atoms with E-state index in [-0.39, 0.29) is 0 Å². The fourth-order valence-electron chi connectivity index (χ4n) is 3.05. The molecule has 0 aliphatic rings. The summed E-state index contributed by atoms with van der Waals surface area (Å²) in [4.78, 5) is 4.09. The summed E-state index contributed by atoms with van der Waals surface area (Å²) in [5, 5.41) is 12.3. The maximum Gasteiger partial charge on any atom is 0.191 e. The Labute approximate surface area is 162 Å². The molecular weight excluding hydrogens is 356 g/mol. The van der Waals surface area contributed by atoms with Gasteiger partial charge in [0.05, 0.1) is 13.2 Å². The number of rotatable bonds is 7. The van der Waals surface area contributed by atoms with E-state index in [2.05, 4.69) is 62.2 Å². The van der Waals surface area contributed by atoms with Crippen molar-refractivity contribution in [2.45, 2.75) is 17.5 Å². The average Bonchev–Trinajstić information content (AvgIpc) is 3.14. The predicted molar refractivity (Wildman–Crippen MR) is 109 cm³/mol. The average molecular weight is 376 g/mol. The van der Waals surface area contributed by atoms with Crippen LogP contribution in [-0.4, -0.2) is 33.5 Å². The molecule has 5 nitrogen and oxygen atoms in total. The second-order valence-corrected chi connectivity index (χ2v) is 7.06. The number of hydrogen-bond acceptors (Lipinski definition) is 5. The highest BCUT2D eigenvalue weighted by Crippen LogP contribution is 2.29. The fourth-order valence-corrected chi connectivity index (χ4v) is 4.02. The van der Waals surface area contributed by atoms with Crippen molar-refractivity contribution in [3.63, 3.8) is 0 Å². The Kier molecular flexibility index (Phi) is 5.46. The van der Waals surface area contributed by atoms with Crippen molar-refractivity contribution in [2.75, 3.05) is 13.7 Å². The van der Waals surface area contributed by atoms with E-state index < -0.39 is 0 Å². The number of ether oxygens (including phenoxy) is 1. The van der Waals surface area contributed by atoms with Crippen LogP contribution in [0.25, 0.3) is 22.2 Å². The van der Waals surface area contributed by atoms with E-state index in [1.165, 1.54) is 16.3 Å². The number of aromatic nitrogens is 4. The first-order chi connectivity index (χ1) is 13.4. The monoisotopic (exact) mass is 376 g/mol. The van der Waals surface area contributed by atoms with Crippen LogP contribution in [0.3, 0.4) is 0 Å². The van der Waals surface area contributed by atoms with Gasteiger partial charge in [-0.2, -0.15) is 0 Å². The molecule has 0 N–H and O–H groups in total. The van der Waals surface area contributed by atoms with Gasteiger partial charge in [-0.1, -0.05) is 54.2 Å². The summed E-state index contributed by atoms with van der Waals surface area (Å²) in [5.74, 6) is 1.68. The zero-order valence-corrected chi connectivity index (χ0v) is 15.9. The highest BCUT2D eigenvalue weighted by atomic mass is 32.2. The second kappa shape index (κ2) is 8.33. The number of hydrogen-bond donors (Lipinski definition) is 0. The lowest BCUT2D eigenvalue weighted by Gasteiger charge is -2.10. The van der Waals surface area contributed by atoms with Crippen LogP contribution >= 0.6 is 11.8 Å². The first-order valence-electron chi connectivity index (χ1n) is 8.79. The van der Waals surface area contributed by atoms with E-state index in [0.717, 1.165) is 22.3 Å². The summed E-state index contributed by atoms with van der Waals surface area (Å²) < 4.78 is 7.40. The van der Waals surface area contributed by atoms with E-state index in [4.69, 9.17) is 4.74 Å². The Morgan fingerprint density at radius 2 is 1.78 bits per heavy atom. The molecule has 2 heterocycles. The number of fused-ring (bicyclic) bond motifs is 1. The molecule has 0 bridgehead atoms. The van der Waals surface area contributed by atoms with Crippen molar-refractivity contribution in [3.05, 3.63) is 72.6 Å². The minimum Gasteiger partial charge on any atom is -0.383 e. The van der Waals surface area contributed by atoms with Crippen LogP contribution in [0, 0.1) is 0 Å². The minimum absolute atomic E-state index is 0.609. The van der Waals surface area contributed by atoms with Crippen LogP contribution in [0.2, 0.25) is 0 Å². The van der Waals surface area contributed by atoms with Crippen LogP contribution < -0.4 is 0 Å². The Hall–Kier alpha value is -2.70. The van der Waals surface area contributed by atoms with Gasteiger partial charge in [-0.05, 0) is 28.5 Å². The summed E-state index contributed by atoms with van der Waals surface area (Å²) in [6.07, 6.45) is 3.54. The minimum atomic E-state index is 0.609. The van der Waals surface area contributed by atoms with E-state index in [0.29, 0.717) is 13.2 Å². The van der Waals surface area contributed by atoms with Crippen molar-refractivity contribution >= 4 is 22.5 Å². The van der Waals surface area contributed by atoms with Gasteiger partial charge in [0, 0.05) is 30.8 Å². The van der Waals surface area contributed by atoms with E-state index in [1.807, 2.05) is 12.1 Å². The molecule has 0 fully saturated rings. The van der Waals surface area contributed by atoms with Gasteiger partial charge in [-0.3, -0.25) is 9.55 Å². The Morgan fingerprint density at radius 3 is 2.63 bits per heavy atom. The summed E-state index contributed by atoms with van der Waals surface area (Å²) >= 11 is 1.70. The molecule has 2 aromatic heterocycles. The molecule has 4 aromatic rings. The van der Waals surface area contributed by atoms with Gasteiger partial charge in [-0.25, -0.2) is 0 Å². The van der Waals surface area contributed by atoms with Crippen LogP contribution in [0.15, 0.2) is 72.1 Å². The zero-order valence-electron chi connectivity index (χ0n) is 15.1. The molecule has 0 amide bonds. The molecule has 0 aliphatic carbocycles. The topological polar surface area (TPSA) is 52.8 Å². The molecule has 0 radical (unpaired) electrons. The van der Waals surface area contributed by atoms with Gasteiger partial charge in [0.15, 0.2) is 11.0 Å². The van der Waals surface area contributed by atoms with Crippen LogP contribution in [-0.2, 0) is 17.0 Å². The molecule has 0 unspecified atom stereocenters. The molecule has 2 aromatic carbocycles. The largest absolute Gasteiger partial charge is 0.383 e. The van der Waals surface area contributed by atoms with E-state index in [9.17, 15) is 0 Å². The lowest BCUT2D eigenvalue weighted by Crippen LogP contribution is -2.07. The Balaban J connectivity index is 1.62. The highest BCUT2D eigenvalue weighted by molar-refractivity contribution is 7.98. The second-order valence-electron chi connectivity index (χ2n) is 6.11. The van der Waals surface area contributed by atoms with Crippen LogP contribution in [0.4, 0.5) is 0 Å². The normalized spacial score (nSPS) is 11.1. The van der Waals surface area contributed by atoms with Crippen LogP contribution in [0.5, 0.6) is 0 Å².